The largest absolute Gasteiger partial charge is 0.256 e. The number of allylic oxidation sites excluding steroid dienone is 1. The number of aryl methyl sites for hydroxylation is 1. The molecule has 2 atom stereocenters. The van der Waals surface area contributed by atoms with E-state index in [0.717, 1.165) is 18.5 Å². The Morgan fingerprint density at radius 2 is 1.92 bits per heavy atom. The van der Waals surface area contributed by atoms with Gasteiger partial charge in [-0.3, -0.25) is 4.98 Å². The summed E-state index contributed by atoms with van der Waals surface area (Å²) in [6.45, 7) is 11.3. The van der Waals surface area contributed by atoms with Crippen LogP contribution in [-0.4, -0.2) is 4.98 Å². The third kappa shape index (κ3) is 3.17. The Hall–Kier alpha value is -1.89. The summed E-state index contributed by atoms with van der Waals surface area (Å²) in [6, 6.07) is 13.3. The number of nitrogens with zero attached hydrogens (tertiary/aromatic N) is 1. The number of hydrogen-bond acceptors (Lipinski definition) is 1. The van der Waals surface area contributed by atoms with Crippen molar-refractivity contribution in [3.63, 3.8) is 0 Å². The zero-order valence-corrected chi connectivity index (χ0v) is 16.0. The van der Waals surface area contributed by atoms with Crippen LogP contribution in [0.15, 0.2) is 54.7 Å². The SMILES string of the molecule is C=C1C(CC)C1(CC)c1ccc(CCCCC)cc1-c1ccccn1. The van der Waals surface area contributed by atoms with E-state index < -0.39 is 0 Å². The second-order valence-corrected chi connectivity index (χ2v) is 7.36. The van der Waals surface area contributed by atoms with Crippen molar-refractivity contribution < 1.29 is 0 Å². The van der Waals surface area contributed by atoms with E-state index in [4.69, 9.17) is 0 Å². The Bertz CT molecular complexity index is 731. The predicted molar refractivity (Wildman–Crippen MR) is 108 cm³/mol. The molecule has 1 aromatic heterocycles. The molecule has 25 heavy (non-hydrogen) atoms. The third-order valence-corrected chi connectivity index (χ3v) is 6.05. The normalized spacial score (nSPS) is 22.2. The molecule has 0 aliphatic heterocycles. The molecular formula is C24H31N. The van der Waals surface area contributed by atoms with Gasteiger partial charge in [0, 0.05) is 17.2 Å². The van der Waals surface area contributed by atoms with Gasteiger partial charge in [-0.15, -0.1) is 0 Å². The number of rotatable bonds is 8. The van der Waals surface area contributed by atoms with E-state index >= 15 is 0 Å². The Labute approximate surface area is 153 Å². The zero-order valence-electron chi connectivity index (χ0n) is 16.0. The average Bonchev–Trinajstić information content (AvgIpc) is 3.26. The molecule has 1 aliphatic rings. The second-order valence-electron chi connectivity index (χ2n) is 7.36. The number of benzene rings is 1. The van der Waals surface area contributed by atoms with Crippen molar-refractivity contribution in [1.29, 1.82) is 0 Å². The van der Waals surface area contributed by atoms with Crippen LogP contribution in [0, 0.1) is 5.92 Å². The molecule has 2 unspecified atom stereocenters. The van der Waals surface area contributed by atoms with Gasteiger partial charge >= 0.3 is 0 Å². The summed E-state index contributed by atoms with van der Waals surface area (Å²) in [5.74, 6) is 0.617. The van der Waals surface area contributed by atoms with Crippen LogP contribution in [0.1, 0.15) is 64.0 Å². The second kappa shape index (κ2) is 7.56. The first-order valence-corrected chi connectivity index (χ1v) is 9.93. The van der Waals surface area contributed by atoms with Crippen molar-refractivity contribution in [2.24, 2.45) is 5.92 Å². The summed E-state index contributed by atoms with van der Waals surface area (Å²) in [7, 11) is 0. The highest BCUT2D eigenvalue weighted by molar-refractivity contribution is 5.71. The maximum absolute atomic E-state index is 4.67. The minimum Gasteiger partial charge on any atom is -0.256 e. The van der Waals surface area contributed by atoms with Crippen LogP contribution in [0.5, 0.6) is 0 Å². The van der Waals surface area contributed by atoms with Crippen LogP contribution < -0.4 is 0 Å². The summed E-state index contributed by atoms with van der Waals surface area (Å²) < 4.78 is 0. The topological polar surface area (TPSA) is 12.9 Å². The summed E-state index contributed by atoms with van der Waals surface area (Å²) in [4.78, 5) is 4.67. The predicted octanol–water partition coefficient (Wildman–Crippen LogP) is 6.73. The van der Waals surface area contributed by atoms with Gasteiger partial charge in [-0.25, -0.2) is 0 Å². The monoisotopic (exact) mass is 333 g/mol. The maximum atomic E-state index is 4.67. The fourth-order valence-corrected chi connectivity index (χ4v) is 4.58. The smallest absolute Gasteiger partial charge is 0.0705 e. The first-order valence-electron chi connectivity index (χ1n) is 9.93. The van der Waals surface area contributed by atoms with Crippen molar-refractivity contribution in [2.75, 3.05) is 0 Å². The van der Waals surface area contributed by atoms with Gasteiger partial charge in [0.05, 0.1) is 5.69 Å². The number of pyridine rings is 1. The van der Waals surface area contributed by atoms with E-state index in [0.29, 0.717) is 5.92 Å². The van der Waals surface area contributed by atoms with Gasteiger partial charge in [0.25, 0.3) is 0 Å². The lowest BCUT2D eigenvalue weighted by Crippen LogP contribution is -2.11. The molecule has 1 saturated carbocycles. The van der Waals surface area contributed by atoms with Gasteiger partial charge in [0.2, 0.25) is 0 Å². The van der Waals surface area contributed by atoms with Crippen LogP contribution in [-0.2, 0) is 11.8 Å². The Morgan fingerprint density at radius 1 is 1.08 bits per heavy atom. The number of hydrogen-bond donors (Lipinski definition) is 0. The molecule has 1 nitrogen and oxygen atoms in total. The fourth-order valence-electron chi connectivity index (χ4n) is 4.58. The van der Waals surface area contributed by atoms with E-state index in [1.54, 1.807) is 0 Å². The Morgan fingerprint density at radius 3 is 2.52 bits per heavy atom. The molecule has 0 spiro atoms. The summed E-state index contributed by atoms with van der Waals surface area (Å²) in [5, 5.41) is 0. The molecule has 1 heteroatoms. The van der Waals surface area contributed by atoms with Crippen LogP contribution in [0.25, 0.3) is 11.3 Å². The van der Waals surface area contributed by atoms with E-state index in [1.807, 2.05) is 12.3 Å². The van der Waals surface area contributed by atoms with Gasteiger partial charge in [-0.1, -0.05) is 64.0 Å². The molecule has 1 heterocycles. The molecule has 0 radical (unpaired) electrons. The molecule has 2 aromatic rings. The van der Waals surface area contributed by atoms with E-state index in [9.17, 15) is 0 Å². The summed E-state index contributed by atoms with van der Waals surface area (Å²) >= 11 is 0. The highest BCUT2D eigenvalue weighted by atomic mass is 14.7. The lowest BCUT2D eigenvalue weighted by atomic mass is 9.83. The molecular weight excluding hydrogens is 302 g/mol. The van der Waals surface area contributed by atoms with Crippen molar-refractivity contribution in [3.05, 3.63) is 65.9 Å². The summed E-state index contributed by atoms with van der Waals surface area (Å²) in [6.07, 6.45) is 9.19. The van der Waals surface area contributed by atoms with Gasteiger partial charge in [-0.05, 0) is 60.9 Å². The average molecular weight is 334 g/mol. The first kappa shape index (κ1) is 17.9. The van der Waals surface area contributed by atoms with Crippen molar-refractivity contribution >= 4 is 0 Å². The van der Waals surface area contributed by atoms with Crippen LogP contribution in [0.2, 0.25) is 0 Å². The van der Waals surface area contributed by atoms with Gasteiger partial charge < -0.3 is 0 Å². The molecule has 3 rings (SSSR count). The minimum absolute atomic E-state index is 0.156. The molecule has 1 fully saturated rings. The van der Waals surface area contributed by atoms with E-state index in [-0.39, 0.29) is 5.41 Å². The zero-order chi connectivity index (χ0) is 17.9. The quantitative estimate of drug-likeness (QED) is 0.386. The maximum Gasteiger partial charge on any atom is 0.0705 e. The first-order chi connectivity index (χ1) is 12.2. The van der Waals surface area contributed by atoms with Gasteiger partial charge in [0.1, 0.15) is 0 Å². The molecule has 1 aliphatic carbocycles. The lowest BCUT2D eigenvalue weighted by molar-refractivity contribution is 0.575. The van der Waals surface area contributed by atoms with Crippen molar-refractivity contribution in [3.8, 4) is 11.3 Å². The molecule has 1 aromatic carbocycles. The Kier molecular flexibility index (Phi) is 5.42. The van der Waals surface area contributed by atoms with Crippen LogP contribution in [0.3, 0.4) is 0 Å². The highest BCUT2D eigenvalue weighted by Crippen LogP contribution is 2.63. The lowest BCUT2D eigenvalue weighted by Gasteiger charge is -2.20. The van der Waals surface area contributed by atoms with Crippen LogP contribution in [0.4, 0.5) is 0 Å². The molecule has 0 N–H and O–H groups in total. The number of unbranched alkanes of at least 4 members (excludes halogenated alkanes) is 2. The van der Waals surface area contributed by atoms with E-state index in [2.05, 4.69) is 62.7 Å². The number of aromatic nitrogens is 1. The van der Waals surface area contributed by atoms with Gasteiger partial charge in [-0.2, -0.15) is 0 Å². The molecule has 0 saturated heterocycles. The van der Waals surface area contributed by atoms with Crippen LogP contribution >= 0.6 is 0 Å². The summed E-state index contributed by atoms with van der Waals surface area (Å²) in [5.41, 5.74) is 6.84. The highest BCUT2D eigenvalue weighted by Gasteiger charge is 2.57. The molecule has 0 amide bonds. The third-order valence-electron chi connectivity index (χ3n) is 6.05. The van der Waals surface area contributed by atoms with Gasteiger partial charge in [0.15, 0.2) is 0 Å². The van der Waals surface area contributed by atoms with Crippen molar-refractivity contribution in [2.45, 2.75) is 64.7 Å². The Balaban J connectivity index is 2.05. The van der Waals surface area contributed by atoms with E-state index in [1.165, 1.54) is 47.9 Å². The molecule has 132 valence electrons. The standard InChI is InChI=1S/C24H31N/c1-5-8-9-12-19-14-15-22(24(7-3)18(4)21(24)6-2)20(17-19)23-13-10-11-16-25-23/h10-11,13-17,21H,4-9,12H2,1-3H3. The molecule has 0 bridgehead atoms. The fraction of sp³-hybridized carbons (Fsp3) is 0.458. The van der Waals surface area contributed by atoms with Crippen molar-refractivity contribution in [1.82, 2.24) is 4.98 Å². The minimum atomic E-state index is 0.156.